The van der Waals surface area contributed by atoms with Crippen LogP contribution >= 0.6 is 0 Å². The summed E-state index contributed by atoms with van der Waals surface area (Å²) in [6.45, 7) is 1.41. The minimum Gasteiger partial charge on any atom is -0.446 e. The van der Waals surface area contributed by atoms with E-state index < -0.39 is 40.1 Å². The summed E-state index contributed by atoms with van der Waals surface area (Å²) in [5.74, 6) is -1.71. The number of rotatable bonds is 5. The van der Waals surface area contributed by atoms with Crippen molar-refractivity contribution < 1.29 is 27.5 Å². The number of imide groups is 1. The molecule has 0 aliphatic carbocycles. The van der Waals surface area contributed by atoms with E-state index in [1.807, 2.05) is 0 Å². The standard InChI is InChI=1S/C20H20N4O6S/c1-12(22-17-14-10-6-7-11-15(14)31(28,29)24-17)19(26)30-16(13-8-4-3-5-9-13)18(25)23-20(27)21-2/h3-12,16H,1-2H3,(H,22,24)(H2,21,23,25,27)/t12-,16?/m0/s1. The van der Waals surface area contributed by atoms with E-state index in [9.17, 15) is 22.8 Å². The van der Waals surface area contributed by atoms with E-state index in [0.717, 1.165) is 0 Å². The predicted molar refractivity (Wildman–Crippen MR) is 111 cm³/mol. The van der Waals surface area contributed by atoms with Gasteiger partial charge in [-0.2, -0.15) is 0 Å². The Labute approximate surface area is 178 Å². The minimum atomic E-state index is -3.76. The number of benzene rings is 2. The van der Waals surface area contributed by atoms with Crippen LogP contribution < -0.4 is 15.4 Å². The molecule has 162 valence electrons. The molecule has 3 amide bonds. The number of fused-ring (bicyclic) bond motifs is 1. The molecule has 0 fully saturated rings. The van der Waals surface area contributed by atoms with Crippen molar-refractivity contribution in [3.05, 3.63) is 65.7 Å². The highest BCUT2D eigenvalue weighted by atomic mass is 32.2. The quantitative estimate of drug-likeness (QED) is 0.584. The number of esters is 1. The fourth-order valence-corrected chi connectivity index (χ4v) is 4.07. The number of amidine groups is 1. The topological polar surface area (TPSA) is 143 Å². The average Bonchev–Trinajstić information content (AvgIpc) is 3.02. The van der Waals surface area contributed by atoms with Crippen LogP contribution in [0.5, 0.6) is 0 Å². The highest BCUT2D eigenvalue weighted by Gasteiger charge is 2.33. The van der Waals surface area contributed by atoms with Crippen molar-refractivity contribution in [3.63, 3.8) is 0 Å². The summed E-state index contributed by atoms with van der Waals surface area (Å²) in [5.41, 5.74) is 0.683. The number of hydrogen-bond donors (Lipinski definition) is 3. The number of carbonyl (C=O) groups is 3. The van der Waals surface area contributed by atoms with Gasteiger partial charge in [-0.15, -0.1) is 0 Å². The van der Waals surface area contributed by atoms with Crippen LogP contribution in [0.4, 0.5) is 4.79 Å². The molecule has 1 unspecified atom stereocenters. The number of carbonyl (C=O) groups excluding carboxylic acids is 3. The molecule has 2 aromatic carbocycles. The molecule has 31 heavy (non-hydrogen) atoms. The first-order valence-corrected chi connectivity index (χ1v) is 10.7. The van der Waals surface area contributed by atoms with Crippen LogP contribution in [-0.4, -0.2) is 45.3 Å². The molecular formula is C20H20N4O6S. The summed E-state index contributed by atoms with van der Waals surface area (Å²) in [6.07, 6.45) is -1.40. The number of hydrogen-bond acceptors (Lipinski definition) is 7. The third-order valence-electron chi connectivity index (χ3n) is 4.36. The molecule has 0 bridgehead atoms. The van der Waals surface area contributed by atoms with Gasteiger partial charge >= 0.3 is 12.0 Å². The predicted octanol–water partition coefficient (Wildman–Crippen LogP) is 0.854. The van der Waals surface area contributed by atoms with Gasteiger partial charge in [-0.3, -0.25) is 19.8 Å². The van der Waals surface area contributed by atoms with Crippen molar-refractivity contribution >= 4 is 33.8 Å². The fraction of sp³-hybridized carbons (Fsp3) is 0.200. The van der Waals surface area contributed by atoms with Crippen molar-refractivity contribution in [1.29, 1.82) is 0 Å². The first kappa shape index (κ1) is 22.0. The van der Waals surface area contributed by atoms with E-state index in [2.05, 4.69) is 20.3 Å². The molecule has 3 rings (SSSR count). The Balaban J connectivity index is 1.83. The van der Waals surface area contributed by atoms with Crippen molar-refractivity contribution in [1.82, 2.24) is 15.4 Å². The molecule has 11 heteroatoms. The lowest BCUT2D eigenvalue weighted by atomic mass is 10.1. The summed E-state index contributed by atoms with van der Waals surface area (Å²) >= 11 is 0. The number of sulfonamides is 1. The Kier molecular flexibility index (Phi) is 6.35. The molecule has 2 aromatic rings. The normalized spacial score (nSPS) is 17.0. The molecule has 0 spiro atoms. The summed E-state index contributed by atoms with van der Waals surface area (Å²) in [5, 5.41) is 4.32. The third kappa shape index (κ3) is 4.89. The van der Waals surface area contributed by atoms with Crippen LogP contribution in [0.25, 0.3) is 0 Å². The lowest BCUT2D eigenvalue weighted by molar-refractivity contribution is -0.156. The summed E-state index contributed by atoms with van der Waals surface area (Å²) in [6, 6.07) is 12.5. The van der Waals surface area contributed by atoms with E-state index in [4.69, 9.17) is 4.74 Å². The average molecular weight is 444 g/mol. The monoisotopic (exact) mass is 444 g/mol. The second kappa shape index (κ2) is 8.96. The van der Waals surface area contributed by atoms with Crippen LogP contribution in [0.15, 0.2) is 64.5 Å². The van der Waals surface area contributed by atoms with Crippen molar-refractivity contribution in [2.24, 2.45) is 4.99 Å². The van der Waals surface area contributed by atoms with E-state index in [1.54, 1.807) is 48.5 Å². The van der Waals surface area contributed by atoms with E-state index in [1.165, 1.54) is 20.0 Å². The molecule has 3 N–H and O–H groups in total. The van der Waals surface area contributed by atoms with E-state index in [0.29, 0.717) is 11.1 Å². The van der Waals surface area contributed by atoms with Crippen LogP contribution in [0.1, 0.15) is 24.2 Å². The third-order valence-corrected chi connectivity index (χ3v) is 5.76. The summed E-state index contributed by atoms with van der Waals surface area (Å²) in [7, 11) is -2.43. The summed E-state index contributed by atoms with van der Waals surface area (Å²) < 4.78 is 32.0. The number of aliphatic imine (C=N–C) groups is 1. The second-order valence-electron chi connectivity index (χ2n) is 6.55. The van der Waals surface area contributed by atoms with Gasteiger partial charge in [0, 0.05) is 18.2 Å². The fourth-order valence-electron chi connectivity index (χ4n) is 2.83. The van der Waals surface area contributed by atoms with Gasteiger partial charge in [-0.1, -0.05) is 42.5 Å². The zero-order valence-electron chi connectivity index (χ0n) is 16.7. The first-order valence-electron chi connectivity index (χ1n) is 9.21. The highest BCUT2D eigenvalue weighted by Crippen LogP contribution is 2.23. The molecule has 1 heterocycles. The molecule has 0 aromatic heterocycles. The Morgan fingerprint density at radius 2 is 1.68 bits per heavy atom. The van der Waals surface area contributed by atoms with Gasteiger partial charge < -0.3 is 10.1 Å². The van der Waals surface area contributed by atoms with Crippen LogP contribution in [0.3, 0.4) is 0 Å². The van der Waals surface area contributed by atoms with Gasteiger partial charge in [0.15, 0.2) is 0 Å². The number of urea groups is 1. The van der Waals surface area contributed by atoms with Crippen LogP contribution in [0.2, 0.25) is 0 Å². The van der Waals surface area contributed by atoms with Crippen LogP contribution in [-0.2, 0) is 24.3 Å². The van der Waals surface area contributed by atoms with E-state index in [-0.39, 0.29) is 10.7 Å². The Hall–Kier alpha value is -3.73. The van der Waals surface area contributed by atoms with Gasteiger partial charge in [0.2, 0.25) is 6.10 Å². The molecule has 0 saturated heterocycles. The lowest BCUT2D eigenvalue weighted by Gasteiger charge is -2.19. The number of nitrogens with zero attached hydrogens (tertiary/aromatic N) is 1. The highest BCUT2D eigenvalue weighted by molar-refractivity contribution is 7.90. The van der Waals surface area contributed by atoms with Gasteiger partial charge in [0.25, 0.3) is 15.9 Å². The number of amides is 3. The molecular weight excluding hydrogens is 424 g/mol. The number of ether oxygens (including phenoxy) is 1. The van der Waals surface area contributed by atoms with E-state index >= 15 is 0 Å². The largest absolute Gasteiger partial charge is 0.446 e. The molecule has 10 nitrogen and oxygen atoms in total. The van der Waals surface area contributed by atoms with Crippen LogP contribution in [0, 0.1) is 0 Å². The second-order valence-corrected chi connectivity index (χ2v) is 8.20. The van der Waals surface area contributed by atoms with Crippen molar-refractivity contribution in [2.45, 2.75) is 24.0 Å². The van der Waals surface area contributed by atoms with Gasteiger partial charge in [0.1, 0.15) is 11.9 Å². The summed E-state index contributed by atoms with van der Waals surface area (Å²) in [4.78, 5) is 40.9. The van der Waals surface area contributed by atoms with Gasteiger partial charge in [0.05, 0.1) is 4.90 Å². The first-order chi connectivity index (χ1) is 14.7. The minimum absolute atomic E-state index is 0.00567. The molecule has 0 saturated carbocycles. The smallest absolute Gasteiger partial charge is 0.331 e. The lowest BCUT2D eigenvalue weighted by Crippen LogP contribution is -2.41. The molecule has 0 radical (unpaired) electrons. The molecule has 1 aliphatic rings. The maximum absolute atomic E-state index is 12.7. The Morgan fingerprint density at radius 3 is 2.35 bits per heavy atom. The number of nitrogens with one attached hydrogen (secondary N) is 3. The zero-order valence-corrected chi connectivity index (χ0v) is 17.5. The van der Waals surface area contributed by atoms with Crippen molar-refractivity contribution in [3.8, 4) is 0 Å². The maximum atomic E-state index is 12.7. The zero-order chi connectivity index (χ0) is 22.6. The SMILES string of the molecule is CNC(=O)NC(=O)C(OC(=O)[C@H](C)N=C1NS(=O)(=O)c2ccccc21)c1ccccc1. The Bertz CT molecular complexity index is 1150. The maximum Gasteiger partial charge on any atom is 0.331 e. The van der Waals surface area contributed by atoms with Gasteiger partial charge in [-0.25, -0.2) is 18.0 Å². The molecule has 2 atom stereocenters. The molecule has 1 aliphatic heterocycles. The van der Waals surface area contributed by atoms with Crippen molar-refractivity contribution in [2.75, 3.05) is 7.05 Å². The Morgan fingerprint density at radius 1 is 1.03 bits per heavy atom. The van der Waals surface area contributed by atoms with Gasteiger partial charge in [-0.05, 0) is 19.1 Å².